The Kier molecular flexibility index (Phi) is 6.35. The number of hydrogen-bond donors (Lipinski definition) is 1. The van der Waals surface area contributed by atoms with Crippen LogP contribution in [0.1, 0.15) is 43.5 Å². The summed E-state index contributed by atoms with van der Waals surface area (Å²) in [5, 5.41) is 2.68. The Morgan fingerprint density at radius 1 is 1.08 bits per heavy atom. The Morgan fingerprint density at radius 3 is 2.38 bits per heavy atom. The summed E-state index contributed by atoms with van der Waals surface area (Å²) in [5.41, 5.74) is 1.16. The highest BCUT2D eigenvalue weighted by atomic mass is 16.2. The molecule has 0 aliphatic carbocycles. The van der Waals surface area contributed by atoms with Gasteiger partial charge in [-0.05, 0) is 24.6 Å². The number of carbonyl (C=O) groups excluding carboxylic acids is 3. The second kappa shape index (κ2) is 8.47. The molecule has 1 fully saturated rings. The molecule has 1 heterocycles. The van der Waals surface area contributed by atoms with Gasteiger partial charge in [0.2, 0.25) is 11.8 Å². The van der Waals surface area contributed by atoms with E-state index < -0.39 is 0 Å². The number of anilines is 1. The first-order valence-corrected chi connectivity index (χ1v) is 8.46. The van der Waals surface area contributed by atoms with Crippen LogP contribution in [0.2, 0.25) is 0 Å². The molecule has 0 radical (unpaired) electrons. The minimum atomic E-state index is -0.168. The number of carbonyl (C=O) groups is 3. The van der Waals surface area contributed by atoms with E-state index in [-0.39, 0.29) is 17.7 Å². The van der Waals surface area contributed by atoms with Crippen LogP contribution < -0.4 is 5.32 Å². The molecular weight excluding hydrogens is 306 g/mol. The first-order chi connectivity index (χ1) is 11.5. The van der Waals surface area contributed by atoms with Gasteiger partial charge in [0.05, 0.1) is 0 Å². The Balaban J connectivity index is 1.93. The zero-order valence-corrected chi connectivity index (χ0v) is 14.4. The minimum Gasteiger partial charge on any atom is -0.339 e. The summed E-state index contributed by atoms with van der Waals surface area (Å²) in [6.45, 7) is 5.75. The number of hydrogen-bond acceptors (Lipinski definition) is 3. The maximum Gasteiger partial charge on any atom is 0.254 e. The van der Waals surface area contributed by atoms with E-state index in [1.807, 2.05) is 4.90 Å². The molecule has 6 nitrogen and oxygen atoms in total. The average molecular weight is 331 g/mol. The second-order valence-corrected chi connectivity index (χ2v) is 6.04. The fraction of sp³-hybridized carbons (Fsp3) is 0.500. The number of nitrogens with zero attached hydrogens (tertiary/aromatic N) is 2. The molecule has 1 aromatic carbocycles. The first-order valence-electron chi connectivity index (χ1n) is 8.46. The summed E-state index contributed by atoms with van der Waals surface area (Å²) in [6.07, 6.45) is 2.51. The van der Waals surface area contributed by atoms with Gasteiger partial charge in [-0.2, -0.15) is 0 Å². The molecule has 6 heteroatoms. The normalized spacial score (nSPS) is 14.4. The Morgan fingerprint density at radius 2 is 1.75 bits per heavy atom. The highest BCUT2D eigenvalue weighted by Gasteiger charge is 2.24. The summed E-state index contributed by atoms with van der Waals surface area (Å²) < 4.78 is 0. The number of benzene rings is 1. The van der Waals surface area contributed by atoms with Crippen molar-refractivity contribution in [1.82, 2.24) is 9.80 Å². The molecule has 0 saturated carbocycles. The zero-order chi connectivity index (χ0) is 17.5. The molecule has 0 aromatic heterocycles. The summed E-state index contributed by atoms with van der Waals surface area (Å²) in [6, 6.07) is 6.93. The van der Waals surface area contributed by atoms with E-state index >= 15 is 0 Å². The summed E-state index contributed by atoms with van der Waals surface area (Å²) in [5.74, 6) is -0.0572. The van der Waals surface area contributed by atoms with Crippen LogP contribution in [0.5, 0.6) is 0 Å². The van der Waals surface area contributed by atoms with Gasteiger partial charge in [0, 0.05) is 50.8 Å². The van der Waals surface area contributed by atoms with Gasteiger partial charge in [-0.25, -0.2) is 0 Å². The molecule has 0 unspecified atom stereocenters. The summed E-state index contributed by atoms with van der Waals surface area (Å²) >= 11 is 0. The van der Waals surface area contributed by atoms with Gasteiger partial charge in [0.25, 0.3) is 5.91 Å². The quantitative estimate of drug-likeness (QED) is 0.898. The van der Waals surface area contributed by atoms with Crippen molar-refractivity contribution >= 4 is 23.4 Å². The van der Waals surface area contributed by atoms with E-state index in [1.54, 1.807) is 29.2 Å². The third-order valence-electron chi connectivity index (χ3n) is 4.09. The number of rotatable bonds is 5. The van der Waals surface area contributed by atoms with Crippen molar-refractivity contribution in [2.45, 2.75) is 33.1 Å². The molecule has 1 aliphatic heterocycles. The van der Waals surface area contributed by atoms with Gasteiger partial charge in [-0.1, -0.05) is 19.4 Å². The van der Waals surface area contributed by atoms with Gasteiger partial charge in [-0.3, -0.25) is 14.4 Å². The molecule has 24 heavy (non-hydrogen) atoms. The minimum absolute atomic E-state index is 0.0668. The predicted molar refractivity (Wildman–Crippen MR) is 92.8 cm³/mol. The molecule has 2 rings (SSSR count). The predicted octanol–water partition coefficient (Wildman–Crippen LogP) is 2.12. The molecule has 3 amide bonds. The van der Waals surface area contributed by atoms with Gasteiger partial charge in [-0.15, -0.1) is 0 Å². The maximum atomic E-state index is 12.6. The molecular formula is C18H25N3O3. The third kappa shape index (κ3) is 4.81. The van der Waals surface area contributed by atoms with Crippen LogP contribution in [0.4, 0.5) is 5.69 Å². The van der Waals surface area contributed by atoms with E-state index in [0.29, 0.717) is 43.9 Å². The average Bonchev–Trinajstić information content (AvgIpc) is 2.59. The SMILES string of the molecule is CCCCC(=O)N1CCN(C(=O)c2cccc(NC(C)=O)c2)CC1. The van der Waals surface area contributed by atoms with Crippen molar-refractivity contribution < 1.29 is 14.4 Å². The highest BCUT2D eigenvalue weighted by Crippen LogP contribution is 2.15. The van der Waals surface area contributed by atoms with E-state index in [2.05, 4.69) is 12.2 Å². The first kappa shape index (κ1) is 18.0. The second-order valence-electron chi connectivity index (χ2n) is 6.04. The lowest BCUT2D eigenvalue weighted by molar-refractivity contribution is -0.132. The largest absolute Gasteiger partial charge is 0.339 e. The van der Waals surface area contributed by atoms with E-state index in [4.69, 9.17) is 0 Å². The van der Waals surface area contributed by atoms with Crippen molar-refractivity contribution in [2.24, 2.45) is 0 Å². The molecule has 1 aromatic rings. The van der Waals surface area contributed by atoms with Crippen molar-refractivity contribution in [3.8, 4) is 0 Å². The lowest BCUT2D eigenvalue weighted by Crippen LogP contribution is -2.50. The Hall–Kier alpha value is -2.37. The Labute approximate surface area is 142 Å². The summed E-state index contributed by atoms with van der Waals surface area (Å²) in [7, 11) is 0. The van der Waals surface area contributed by atoms with Crippen molar-refractivity contribution in [2.75, 3.05) is 31.5 Å². The van der Waals surface area contributed by atoms with Gasteiger partial charge >= 0.3 is 0 Å². The van der Waals surface area contributed by atoms with Crippen LogP contribution >= 0.6 is 0 Å². The lowest BCUT2D eigenvalue weighted by Gasteiger charge is -2.35. The molecule has 0 spiro atoms. The molecule has 1 saturated heterocycles. The van der Waals surface area contributed by atoms with E-state index in [1.165, 1.54) is 6.92 Å². The molecule has 0 atom stereocenters. The molecule has 130 valence electrons. The standard InChI is InChI=1S/C18H25N3O3/c1-3-4-8-17(23)20-9-11-21(12-10-20)18(24)15-6-5-7-16(13-15)19-14(2)22/h5-7,13H,3-4,8-12H2,1-2H3,(H,19,22). The number of piperazine rings is 1. The smallest absolute Gasteiger partial charge is 0.254 e. The van der Waals surface area contributed by atoms with Crippen LogP contribution in [0.25, 0.3) is 0 Å². The third-order valence-corrected chi connectivity index (χ3v) is 4.09. The van der Waals surface area contributed by atoms with Gasteiger partial charge in [0.1, 0.15) is 0 Å². The highest BCUT2D eigenvalue weighted by molar-refractivity contribution is 5.97. The number of unbranched alkanes of at least 4 members (excludes halogenated alkanes) is 1. The van der Waals surface area contributed by atoms with Crippen LogP contribution in [-0.2, 0) is 9.59 Å². The van der Waals surface area contributed by atoms with Crippen LogP contribution in [0, 0.1) is 0 Å². The van der Waals surface area contributed by atoms with Crippen LogP contribution in [0.15, 0.2) is 24.3 Å². The zero-order valence-electron chi connectivity index (χ0n) is 14.4. The van der Waals surface area contributed by atoms with E-state index in [9.17, 15) is 14.4 Å². The van der Waals surface area contributed by atoms with E-state index in [0.717, 1.165) is 12.8 Å². The molecule has 0 bridgehead atoms. The molecule has 1 aliphatic rings. The van der Waals surface area contributed by atoms with Crippen molar-refractivity contribution in [3.05, 3.63) is 29.8 Å². The monoisotopic (exact) mass is 331 g/mol. The number of nitrogens with one attached hydrogen (secondary N) is 1. The fourth-order valence-corrected chi connectivity index (χ4v) is 2.76. The van der Waals surface area contributed by atoms with Crippen LogP contribution in [-0.4, -0.2) is 53.7 Å². The van der Waals surface area contributed by atoms with Gasteiger partial charge in [0.15, 0.2) is 0 Å². The van der Waals surface area contributed by atoms with Gasteiger partial charge < -0.3 is 15.1 Å². The molecule has 1 N–H and O–H groups in total. The lowest BCUT2D eigenvalue weighted by atomic mass is 10.1. The maximum absolute atomic E-state index is 12.6. The van der Waals surface area contributed by atoms with Crippen molar-refractivity contribution in [1.29, 1.82) is 0 Å². The fourth-order valence-electron chi connectivity index (χ4n) is 2.76. The van der Waals surface area contributed by atoms with Crippen molar-refractivity contribution in [3.63, 3.8) is 0 Å². The topological polar surface area (TPSA) is 69.7 Å². The summed E-state index contributed by atoms with van der Waals surface area (Å²) in [4.78, 5) is 39.4. The van der Waals surface area contributed by atoms with Crippen LogP contribution in [0.3, 0.4) is 0 Å². The number of amides is 3. The Bertz CT molecular complexity index is 607.